The Hall–Kier alpha value is -0.610. The van der Waals surface area contributed by atoms with E-state index in [1.807, 2.05) is 13.8 Å². The molecule has 0 aliphatic carbocycles. The van der Waals surface area contributed by atoms with E-state index in [2.05, 4.69) is 5.32 Å². The van der Waals surface area contributed by atoms with Gasteiger partial charge in [-0.25, -0.2) is 0 Å². The lowest BCUT2D eigenvalue weighted by molar-refractivity contribution is -0.164. The van der Waals surface area contributed by atoms with E-state index < -0.39 is 11.5 Å². The van der Waals surface area contributed by atoms with Crippen molar-refractivity contribution in [3.05, 3.63) is 0 Å². The number of piperidine rings is 1. The van der Waals surface area contributed by atoms with Crippen LogP contribution < -0.4 is 5.32 Å². The van der Waals surface area contributed by atoms with Gasteiger partial charge >= 0.3 is 5.97 Å². The Morgan fingerprint density at radius 3 is 2.81 bits per heavy atom. The normalized spacial score (nSPS) is 32.1. The molecule has 3 atom stereocenters. The van der Waals surface area contributed by atoms with Crippen LogP contribution in [0.1, 0.15) is 33.1 Å². The summed E-state index contributed by atoms with van der Waals surface area (Å²) in [5.41, 5.74) is -0.901. The molecule has 1 aliphatic rings. The first-order chi connectivity index (χ1) is 7.60. The number of hydrogen-bond donors (Lipinski definition) is 2. The largest absolute Gasteiger partial charge is 0.469 e. The molecule has 0 aromatic heterocycles. The van der Waals surface area contributed by atoms with Crippen molar-refractivity contribution in [3.8, 4) is 0 Å². The van der Waals surface area contributed by atoms with Crippen LogP contribution in [0.3, 0.4) is 0 Å². The molecule has 94 valence electrons. The molecule has 0 bridgehead atoms. The fourth-order valence-corrected chi connectivity index (χ4v) is 2.77. The van der Waals surface area contributed by atoms with Crippen molar-refractivity contribution >= 4 is 5.97 Å². The van der Waals surface area contributed by atoms with E-state index in [4.69, 9.17) is 4.74 Å². The van der Waals surface area contributed by atoms with E-state index in [1.54, 1.807) is 0 Å². The Bertz CT molecular complexity index is 244. The van der Waals surface area contributed by atoms with E-state index in [-0.39, 0.29) is 11.9 Å². The van der Waals surface area contributed by atoms with Gasteiger partial charge in [-0.2, -0.15) is 0 Å². The van der Waals surface area contributed by atoms with Gasteiger partial charge in [0, 0.05) is 12.5 Å². The molecule has 0 spiro atoms. The average Bonchev–Trinajstić information content (AvgIpc) is 2.30. The van der Waals surface area contributed by atoms with Crippen LogP contribution in [-0.4, -0.2) is 36.9 Å². The van der Waals surface area contributed by atoms with Crippen LogP contribution in [0.4, 0.5) is 0 Å². The van der Waals surface area contributed by atoms with E-state index in [1.165, 1.54) is 7.11 Å². The monoisotopic (exact) mass is 229 g/mol. The Labute approximate surface area is 97.4 Å². The minimum atomic E-state index is -0.901. The number of rotatable bonds is 4. The van der Waals surface area contributed by atoms with Crippen LogP contribution in [0.25, 0.3) is 0 Å². The SMILES string of the molecule is CCC1CNCCC1(O)C(CC)C(=O)OC. The predicted octanol–water partition coefficient (Wildman–Crippen LogP) is 0.936. The number of aliphatic hydroxyl groups is 1. The summed E-state index contributed by atoms with van der Waals surface area (Å²) in [6.07, 6.45) is 2.12. The summed E-state index contributed by atoms with van der Waals surface area (Å²) in [7, 11) is 1.39. The van der Waals surface area contributed by atoms with Crippen molar-refractivity contribution in [2.24, 2.45) is 11.8 Å². The Kier molecular flexibility index (Phi) is 4.74. The Morgan fingerprint density at radius 2 is 2.31 bits per heavy atom. The molecule has 1 rings (SSSR count). The lowest BCUT2D eigenvalue weighted by atomic mass is 9.70. The number of nitrogens with one attached hydrogen (secondary N) is 1. The number of esters is 1. The molecule has 1 saturated heterocycles. The zero-order valence-electron chi connectivity index (χ0n) is 10.5. The lowest BCUT2D eigenvalue weighted by Gasteiger charge is -2.44. The molecule has 0 radical (unpaired) electrons. The second-order valence-corrected chi connectivity index (χ2v) is 4.53. The first-order valence-electron chi connectivity index (χ1n) is 6.11. The van der Waals surface area contributed by atoms with Gasteiger partial charge in [-0.3, -0.25) is 4.79 Å². The Morgan fingerprint density at radius 1 is 1.62 bits per heavy atom. The first kappa shape index (κ1) is 13.5. The van der Waals surface area contributed by atoms with E-state index in [9.17, 15) is 9.90 Å². The molecule has 0 aromatic rings. The third kappa shape index (κ3) is 2.38. The minimum absolute atomic E-state index is 0.130. The van der Waals surface area contributed by atoms with Crippen LogP contribution in [0.5, 0.6) is 0 Å². The Balaban J connectivity index is 2.89. The summed E-state index contributed by atoms with van der Waals surface area (Å²) in [5, 5.41) is 14.0. The summed E-state index contributed by atoms with van der Waals surface area (Å²) in [5.74, 6) is -0.555. The summed E-state index contributed by atoms with van der Waals surface area (Å²) in [6, 6.07) is 0. The zero-order chi connectivity index (χ0) is 12.2. The molecule has 4 heteroatoms. The molecule has 1 heterocycles. The van der Waals surface area contributed by atoms with Crippen molar-refractivity contribution in [1.82, 2.24) is 5.32 Å². The maximum atomic E-state index is 11.7. The molecule has 4 nitrogen and oxygen atoms in total. The van der Waals surface area contributed by atoms with Gasteiger partial charge in [0.05, 0.1) is 18.6 Å². The summed E-state index contributed by atoms with van der Waals surface area (Å²) >= 11 is 0. The average molecular weight is 229 g/mol. The predicted molar refractivity (Wildman–Crippen MR) is 62.0 cm³/mol. The number of hydrogen-bond acceptors (Lipinski definition) is 4. The molecular formula is C12H23NO3. The smallest absolute Gasteiger partial charge is 0.311 e. The lowest BCUT2D eigenvalue weighted by Crippen LogP contribution is -2.56. The number of ether oxygens (including phenoxy) is 1. The van der Waals surface area contributed by atoms with E-state index >= 15 is 0 Å². The van der Waals surface area contributed by atoms with Gasteiger partial charge < -0.3 is 15.2 Å². The highest BCUT2D eigenvalue weighted by Crippen LogP contribution is 2.36. The van der Waals surface area contributed by atoms with Crippen LogP contribution in [0.2, 0.25) is 0 Å². The number of carbonyl (C=O) groups is 1. The van der Waals surface area contributed by atoms with E-state index in [0.717, 1.165) is 19.5 Å². The highest BCUT2D eigenvalue weighted by Gasteiger charge is 2.47. The number of carbonyl (C=O) groups excluding carboxylic acids is 1. The van der Waals surface area contributed by atoms with Gasteiger partial charge in [-0.05, 0) is 25.8 Å². The molecule has 16 heavy (non-hydrogen) atoms. The second-order valence-electron chi connectivity index (χ2n) is 4.53. The van der Waals surface area contributed by atoms with Crippen molar-refractivity contribution in [2.75, 3.05) is 20.2 Å². The third-order valence-electron chi connectivity index (χ3n) is 3.79. The van der Waals surface area contributed by atoms with Gasteiger partial charge in [-0.15, -0.1) is 0 Å². The van der Waals surface area contributed by atoms with Crippen LogP contribution in [-0.2, 0) is 9.53 Å². The number of methoxy groups -OCH3 is 1. The first-order valence-corrected chi connectivity index (χ1v) is 6.11. The van der Waals surface area contributed by atoms with Gasteiger partial charge in [0.1, 0.15) is 0 Å². The molecule has 0 aromatic carbocycles. The van der Waals surface area contributed by atoms with Crippen molar-refractivity contribution in [3.63, 3.8) is 0 Å². The van der Waals surface area contributed by atoms with Crippen molar-refractivity contribution < 1.29 is 14.6 Å². The summed E-state index contributed by atoms with van der Waals surface area (Å²) < 4.78 is 4.80. The van der Waals surface area contributed by atoms with Gasteiger partial charge in [0.15, 0.2) is 0 Å². The van der Waals surface area contributed by atoms with Crippen LogP contribution >= 0.6 is 0 Å². The molecule has 3 unspecified atom stereocenters. The molecule has 0 saturated carbocycles. The summed E-state index contributed by atoms with van der Waals surface area (Å²) in [6.45, 7) is 5.52. The maximum Gasteiger partial charge on any atom is 0.311 e. The fraction of sp³-hybridized carbons (Fsp3) is 0.917. The molecule has 1 aliphatic heterocycles. The molecule has 1 fully saturated rings. The van der Waals surface area contributed by atoms with Crippen LogP contribution in [0.15, 0.2) is 0 Å². The quantitative estimate of drug-likeness (QED) is 0.704. The third-order valence-corrected chi connectivity index (χ3v) is 3.79. The maximum absolute atomic E-state index is 11.7. The van der Waals surface area contributed by atoms with Gasteiger partial charge in [0.2, 0.25) is 0 Å². The molecule has 0 amide bonds. The minimum Gasteiger partial charge on any atom is -0.469 e. The van der Waals surface area contributed by atoms with Gasteiger partial charge in [-0.1, -0.05) is 13.8 Å². The molecule has 2 N–H and O–H groups in total. The second kappa shape index (κ2) is 5.64. The highest BCUT2D eigenvalue weighted by atomic mass is 16.5. The van der Waals surface area contributed by atoms with Gasteiger partial charge in [0.25, 0.3) is 0 Å². The highest BCUT2D eigenvalue weighted by molar-refractivity contribution is 5.73. The van der Waals surface area contributed by atoms with Crippen molar-refractivity contribution in [2.45, 2.75) is 38.7 Å². The van der Waals surface area contributed by atoms with Crippen molar-refractivity contribution in [1.29, 1.82) is 0 Å². The van der Waals surface area contributed by atoms with Crippen LogP contribution in [0, 0.1) is 11.8 Å². The topological polar surface area (TPSA) is 58.6 Å². The van der Waals surface area contributed by atoms with E-state index in [0.29, 0.717) is 12.8 Å². The summed E-state index contributed by atoms with van der Waals surface area (Å²) in [4.78, 5) is 11.7. The molecular weight excluding hydrogens is 206 g/mol. The zero-order valence-corrected chi connectivity index (χ0v) is 10.5. The standard InChI is InChI=1S/C12H23NO3/c1-4-9-8-13-7-6-12(9,15)10(5-2)11(14)16-3/h9-10,13,15H,4-8H2,1-3H3. The fourth-order valence-electron chi connectivity index (χ4n) is 2.77.